The predicted molar refractivity (Wildman–Crippen MR) is 112 cm³/mol. The van der Waals surface area contributed by atoms with Crippen LogP contribution in [0.3, 0.4) is 0 Å². The summed E-state index contributed by atoms with van der Waals surface area (Å²) in [5, 5.41) is -0.128. The van der Waals surface area contributed by atoms with Crippen LogP contribution in [0.1, 0.15) is 40.9 Å². The number of fused-ring (bicyclic) bond motifs is 1. The van der Waals surface area contributed by atoms with Gasteiger partial charge in [-0.3, -0.25) is 9.59 Å². The number of nitrogens with zero attached hydrogens (tertiary/aromatic N) is 3. The van der Waals surface area contributed by atoms with Crippen molar-refractivity contribution >= 4 is 33.4 Å². The number of carbonyl (C=O) groups excluding carboxylic acids is 2. The summed E-state index contributed by atoms with van der Waals surface area (Å²) in [5.41, 5.74) is -0.817. The number of alkyl halides is 3. The second-order valence-electron chi connectivity index (χ2n) is 8.11. The molecule has 4 heterocycles. The van der Waals surface area contributed by atoms with Gasteiger partial charge in [-0.25, -0.2) is 4.98 Å². The second kappa shape index (κ2) is 7.91. The average molecular weight is 463 g/mol. The molecule has 168 valence electrons. The molecule has 0 spiro atoms. The largest absolute Gasteiger partial charge is 0.463 e. The number of thiophene rings is 1. The zero-order valence-electron chi connectivity index (χ0n) is 17.0. The van der Waals surface area contributed by atoms with Crippen LogP contribution in [-0.4, -0.2) is 52.3 Å². The van der Waals surface area contributed by atoms with Gasteiger partial charge in [0.25, 0.3) is 5.91 Å². The van der Waals surface area contributed by atoms with Crippen molar-refractivity contribution < 1.29 is 27.2 Å². The molecular weight excluding hydrogens is 443 g/mol. The summed E-state index contributed by atoms with van der Waals surface area (Å²) in [6.45, 7) is 0.766. The molecule has 2 fully saturated rings. The highest BCUT2D eigenvalue weighted by molar-refractivity contribution is 7.20. The van der Waals surface area contributed by atoms with Crippen LogP contribution < -0.4 is 0 Å². The maximum atomic E-state index is 13.7. The van der Waals surface area contributed by atoms with Crippen LogP contribution in [-0.2, 0) is 11.0 Å². The summed E-state index contributed by atoms with van der Waals surface area (Å²) in [4.78, 5) is 33.5. The van der Waals surface area contributed by atoms with Gasteiger partial charge in [0.05, 0.1) is 16.7 Å². The summed E-state index contributed by atoms with van der Waals surface area (Å²) < 4.78 is 46.4. The molecule has 1 saturated heterocycles. The van der Waals surface area contributed by atoms with Crippen LogP contribution in [0, 0.1) is 0 Å². The number of furan rings is 1. The van der Waals surface area contributed by atoms with Gasteiger partial charge in [0.15, 0.2) is 5.76 Å². The number of amides is 2. The normalized spacial score (nSPS) is 18.2. The highest BCUT2D eigenvalue weighted by Crippen LogP contribution is 2.40. The Morgan fingerprint density at radius 2 is 1.97 bits per heavy atom. The number of carbonyl (C=O) groups is 2. The molecule has 0 unspecified atom stereocenters. The Balaban J connectivity index is 1.44. The van der Waals surface area contributed by atoms with Crippen LogP contribution in [0.2, 0.25) is 0 Å². The van der Waals surface area contributed by atoms with Crippen molar-refractivity contribution in [3.05, 3.63) is 41.0 Å². The third-order valence-corrected chi connectivity index (χ3v) is 7.12. The minimum absolute atomic E-state index is 0.0519. The van der Waals surface area contributed by atoms with Gasteiger partial charge in [0, 0.05) is 24.5 Å². The molecule has 1 aliphatic heterocycles. The van der Waals surface area contributed by atoms with Crippen molar-refractivity contribution in [1.82, 2.24) is 14.8 Å². The molecule has 32 heavy (non-hydrogen) atoms. The molecule has 3 aromatic heterocycles. The fourth-order valence-electron chi connectivity index (χ4n) is 4.52. The Bertz CT molecular complexity index is 1170. The lowest BCUT2D eigenvalue weighted by molar-refractivity contribution is -0.137. The molecule has 10 heteroatoms. The summed E-state index contributed by atoms with van der Waals surface area (Å²) >= 11 is 0.899. The molecular formula is C22H20F3N3O3S. The molecule has 0 atom stereocenters. The van der Waals surface area contributed by atoms with E-state index in [0.29, 0.717) is 13.1 Å². The molecule has 0 N–H and O–H groups in total. The Kier molecular flexibility index (Phi) is 5.19. The molecule has 3 aromatic rings. The van der Waals surface area contributed by atoms with E-state index in [1.165, 1.54) is 23.3 Å². The Morgan fingerprint density at radius 3 is 2.62 bits per heavy atom. The van der Waals surface area contributed by atoms with Crippen molar-refractivity contribution in [1.29, 1.82) is 0 Å². The lowest BCUT2D eigenvalue weighted by Gasteiger charge is -2.37. The van der Waals surface area contributed by atoms with Crippen LogP contribution in [0.5, 0.6) is 0 Å². The maximum Gasteiger partial charge on any atom is 0.417 e. The lowest BCUT2D eigenvalue weighted by atomic mass is 10.1. The van der Waals surface area contributed by atoms with E-state index in [9.17, 15) is 22.8 Å². The van der Waals surface area contributed by atoms with Gasteiger partial charge in [-0.2, -0.15) is 13.2 Å². The van der Waals surface area contributed by atoms with E-state index in [4.69, 9.17) is 4.42 Å². The zero-order valence-corrected chi connectivity index (χ0v) is 17.8. The van der Waals surface area contributed by atoms with Crippen molar-refractivity contribution in [2.24, 2.45) is 0 Å². The van der Waals surface area contributed by atoms with Gasteiger partial charge in [-0.05, 0) is 37.1 Å². The molecule has 6 nitrogen and oxygen atoms in total. The van der Waals surface area contributed by atoms with E-state index in [1.807, 2.05) is 4.90 Å². The minimum atomic E-state index is -4.62. The van der Waals surface area contributed by atoms with Gasteiger partial charge in [-0.15, -0.1) is 11.3 Å². The Hall–Kier alpha value is -2.88. The van der Waals surface area contributed by atoms with Crippen LogP contribution in [0.4, 0.5) is 13.2 Å². The van der Waals surface area contributed by atoms with Gasteiger partial charge < -0.3 is 14.2 Å². The molecule has 0 bridgehead atoms. The van der Waals surface area contributed by atoms with E-state index in [-0.39, 0.29) is 45.0 Å². The smallest absolute Gasteiger partial charge is 0.417 e. The van der Waals surface area contributed by atoms with Gasteiger partial charge in [0.2, 0.25) is 5.91 Å². The van der Waals surface area contributed by atoms with Crippen LogP contribution in [0.25, 0.3) is 21.7 Å². The number of halogens is 3. The average Bonchev–Trinajstić information content (AvgIpc) is 3.53. The highest BCUT2D eigenvalue weighted by atomic mass is 32.1. The summed E-state index contributed by atoms with van der Waals surface area (Å²) in [6.07, 6.45) is 0.924. The van der Waals surface area contributed by atoms with Crippen LogP contribution in [0.15, 0.2) is 34.9 Å². The standard InChI is InChI=1S/C22H20F3N3O3S/c23-22(24,25)15-11-16(17-6-3-9-31-17)26-20-14(15)10-18(32-20)21(30)27-7-8-28(19(29)12-27)13-4-1-2-5-13/h3,6,9-11,13H,1-2,4-5,7-8,12H2. The van der Waals surface area contributed by atoms with Crippen molar-refractivity contribution in [2.45, 2.75) is 37.9 Å². The number of aromatic nitrogens is 1. The van der Waals surface area contributed by atoms with E-state index in [2.05, 4.69) is 4.98 Å². The second-order valence-corrected chi connectivity index (χ2v) is 9.14. The van der Waals surface area contributed by atoms with Crippen molar-refractivity contribution in [3.63, 3.8) is 0 Å². The Labute approximate surface area is 185 Å². The fourth-order valence-corrected chi connectivity index (χ4v) is 5.55. The van der Waals surface area contributed by atoms with Gasteiger partial charge >= 0.3 is 6.18 Å². The maximum absolute atomic E-state index is 13.7. The quantitative estimate of drug-likeness (QED) is 0.560. The third kappa shape index (κ3) is 3.76. The van der Waals surface area contributed by atoms with Crippen LogP contribution >= 0.6 is 11.3 Å². The number of rotatable bonds is 3. The fraction of sp³-hybridized carbons (Fsp3) is 0.409. The molecule has 2 aliphatic rings. The van der Waals surface area contributed by atoms with Gasteiger partial charge in [0.1, 0.15) is 17.1 Å². The first-order chi connectivity index (χ1) is 15.3. The first kappa shape index (κ1) is 21.0. The summed E-state index contributed by atoms with van der Waals surface area (Å²) in [7, 11) is 0. The van der Waals surface area contributed by atoms with Crippen molar-refractivity contribution in [2.75, 3.05) is 19.6 Å². The van der Waals surface area contributed by atoms with E-state index >= 15 is 0 Å². The number of hydrogen-bond acceptors (Lipinski definition) is 5. The molecule has 1 saturated carbocycles. The monoisotopic (exact) mass is 463 g/mol. The molecule has 5 rings (SSSR count). The topological polar surface area (TPSA) is 66.7 Å². The predicted octanol–water partition coefficient (Wildman–Crippen LogP) is 4.80. The SMILES string of the molecule is O=C(c1cc2c(C(F)(F)F)cc(-c3ccco3)nc2s1)N1CCN(C2CCCC2)C(=O)C1. The highest BCUT2D eigenvalue weighted by Gasteiger charge is 2.36. The molecule has 2 amide bonds. The van der Waals surface area contributed by atoms with E-state index < -0.39 is 17.6 Å². The lowest BCUT2D eigenvalue weighted by Crippen LogP contribution is -2.54. The molecule has 0 radical (unpaired) electrons. The van der Waals surface area contributed by atoms with E-state index in [1.54, 1.807) is 6.07 Å². The first-order valence-corrected chi connectivity index (χ1v) is 11.3. The minimum Gasteiger partial charge on any atom is -0.463 e. The van der Waals surface area contributed by atoms with Crippen molar-refractivity contribution in [3.8, 4) is 11.5 Å². The third-order valence-electron chi connectivity index (χ3n) is 6.11. The van der Waals surface area contributed by atoms with E-state index in [0.717, 1.165) is 43.1 Å². The van der Waals surface area contributed by atoms with Gasteiger partial charge in [-0.1, -0.05) is 12.8 Å². The number of pyridine rings is 1. The first-order valence-electron chi connectivity index (χ1n) is 10.5. The molecule has 0 aromatic carbocycles. The number of hydrogen-bond donors (Lipinski definition) is 0. The summed E-state index contributed by atoms with van der Waals surface area (Å²) in [6, 6.07) is 5.51. The summed E-state index contributed by atoms with van der Waals surface area (Å²) in [5.74, 6) is -0.334. The zero-order chi connectivity index (χ0) is 22.5. The Morgan fingerprint density at radius 1 is 1.19 bits per heavy atom. The number of piperazine rings is 1. The molecule has 1 aliphatic carbocycles.